The molecule has 0 spiro atoms. The lowest BCUT2D eigenvalue weighted by Crippen LogP contribution is -2.37. The van der Waals surface area contributed by atoms with E-state index in [9.17, 15) is 23.1 Å². The number of nitrogens with zero attached hydrogens (tertiary/aromatic N) is 4. The summed E-state index contributed by atoms with van der Waals surface area (Å²) in [6, 6.07) is 36.9. The number of ether oxygens (including phenoxy) is 4. The molecule has 0 fully saturated rings. The van der Waals surface area contributed by atoms with Gasteiger partial charge in [-0.25, -0.2) is 4.98 Å². The predicted octanol–water partition coefficient (Wildman–Crippen LogP) is 5.82. The van der Waals surface area contributed by atoms with Crippen molar-refractivity contribution in [3.8, 4) is 5.75 Å². The number of aromatic nitrogens is 2. The number of fused-ring (bicyclic) bond motifs is 1. The number of carbonyl (C=O) groups is 2. The van der Waals surface area contributed by atoms with Crippen LogP contribution in [0.15, 0.2) is 138 Å². The topological polar surface area (TPSA) is 229 Å². The van der Waals surface area contributed by atoms with Gasteiger partial charge in [-0.05, 0) is 86.4 Å². The summed E-state index contributed by atoms with van der Waals surface area (Å²) >= 11 is 0. The molecule has 0 aliphatic carbocycles. The first-order chi connectivity index (χ1) is 33.0. The Morgan fingerprint density at radius 3 is 2.18 bits per heavy atom. The number of carbonyl (C=O) groups excluding carboxylic acids is 2. The molecule has 4 aromatic carbocycles. The van der Waals surface area contributed by atoms with Crippen LogP contribution >= 0.6 is 0 Å². The highest BCUT2D eigenvalue weighted by atomic mass is 32.2. The van der Waals surface area contributed by atoms with E-state index in [0.717, 1.165) is 29.3 Å². The van der Waals surface area contributed by atoms with E-state index < -0.39 is 16.3 Å². The highest BCUT2D eigenvalue weighted by Gasteiger charge is 2.21. The highest BCUT2D eigenvalue weighted by molar-refractivity contribution is 7.86. The van der Waals surface area contributed by atoms with Gasteiger partial charge < -0.3 is 39.7 Å². The number of hydrogen-bond acceptors (Lipinski definition) is 14. The van der Waals surface area contributed by atoms with Crippen molar-refractivity contribution in [2.24, 2.45) is 10.8 Å². The number of rotatable bonds is 28. The van der Waals surface area contributed by atoms with Crippen LogP contribution in [0.25, 0.3) is 10.9 Å². The summed E-state index contributed by atoms with van der Waals surface area (Å²) in [7, 11) is -2.41. The number of aliphatic hydroxyl groups is 1. The Labute approximate surface area is 397 Å². The van der Waals surface area contributed by atoms with Gasteiger partial charge in [0.1, 0.15) is 35.0 Å². The second-order valence-electron chi connectivity index (χ2n) is 15.4. The summed E-state index contributed by atoms with van der Waals surface area (Å²) in [6.45, 7) is 5.65. The first-order valence-electron chi connectivity index (χ1n) is 22.3. The summed E-state index contributed by atoms with van der Waals surface area (Å²) in [6.07, 6.45) is 4.83. The third-order valence-electron chi connectivity index (χ3n) is 10.3. The molecule has 68 heavy (non-hydrogen) atoms. The number of likely N-dealkylation sites (N-methyl/N-ethyl adjacent to an activating group) is 1. The molecule has 1 amide bonds. The van der Waals surface area contributed by atoms with Crippen LogP contribution < -0.4 is 21.2 Å². The third kappa shape index (κ3) is 18.0. The minimum Gasteiger partial charge on any atom is -0.489 e. The van der Waals surface area contributed by atoms with Crippen LogP contribution in [0, 0.1) is 0 Å². The zero-order chi connectivity index (χ0) is 48.4. The summed E-state index contributed by atoms with van der Waals surface area (Å²) in [5.74, 6) is 0.900. The maximum Gasteiger partial charge on any atom is 0.295 e. The van der Waals surface area contributed by atoms with E-state index >= 15 is 0 Å². The molecule has 17 nitrogen and oxygen atoms in total. The van der Waals surface area contributed by atoms with Crippen LogP contribution in [-0.4, -0.2) is 123 Å². The molecule has 18 heteroatoms. The van der Waals surface area contributed by atoms with Crippen molar-refractivity contribution in [2.75, 3.05) is 71.7 Å². The SMILES string of the molecule is CN(CCc1ccccc1)C(O)Cn1c(C(=O)NCCCOCCOCCOCCCN)cc2cc(OCc3ccccc3)ccc21.O=Cc1ccc(NN=Cc2ccccc2S(=O)(=O)O)nc1. The molecule has 362 valence electrons. The van der Waals surface area contributed by atoms with Gasteiger partial charge in [-0.3, -0.25) is 24.5 Å². The van der Waals surface area contributed by atoms with Crippen molar-refractivity contribution in [3.63, 3.8) is 0 Å². The first-order valence-corrected chi connectivity index (χ1v) is 23.7. The average Bonchev–Trinajstić information content (AvgIpc) is 3.72. The molecule has 6 N–H and O–H groups in total. The van der Waals surface area contributed by atoms with Gasteiger partial charge in [-0.2, -0.15) is 13.5 Å². The summed E-state index contributed by atoms with van der Waals surface area (Å²) in [5, 5.41) is 18.9. The van der Waals surface area contributed by atoms with E-state index in [-0.39, 0.29) is 22.9 Å². The Hall–Kier alpha value is -6.35. The van der Waals surface area contributed by atoms with Crippen molar-refractivity contribution < 1.29 is 46.6 Å². The quantitative estimate of drug-likeness (QED) is 0.00976. The number of aldehydes is 1. The molecule has 0 bridgehead atoms. The van der Waals surface area contributed by atoms with E-state index in [1.165, 1.54) is 36.2 Å². The largest absolute Gasteiger partial charge is 0.489 e. The lowest BCUT2D eigenvalue weighted by molar-refractivity contribution is 0.0101. The number of pyridine rings is 1. The fourth-order valence-electron chi connectivity index (χ4n) is 6.59. The lowest BCUT2D eigenvalue weighted by Gasteiger charge is -2.25. The molecular weight excluding hydrogens is 891 g/mol. The molecule has 0 radical (unpaired) electrons. The molecule has 0 aliphatic heterocycles. The van der Waals surface area contributed by atoms with E-state index in [2.05, 4.69) is 33.0 Å². The van der Waals surface area contributed by atoms with E-state index in [4.69, 9.17) is 29.2 Å². The van der Waals surface area contributed by atoms with Crippen LogP contribution in [0.2, 0.25) is 0 Å². The van der Waals surface area contributed by atoms with Crippen LogP contribution in [0.4, 0.5) is 5.82 Å². The van der Waals surface area contributed by atoms with E-state index in [1.54, 1.807) is 18.2 Å². The Morgan fingerprint density at radius 2 is 1.51 bits per heavy atom. The number of benzene rings is 4. The van der Waals surface area contributed by atoms with Gasteiger partial charge in [-0.1, -0.05) is 78.9 Å². The van der Waals surface area contributed by atoms with Crippen molar-refractivity contribution in [1.82, 2.24) is 19.8 Å². The van der Waals surface area contributed by atoms with Crippen LogP contribution in [0.1, 0.15) is 50.4 Å². The smallest absolute Gasteiger partial charge is 0.295 e. The molecule has 0 saturated heterocycles. The Balaban J connectivity index is 0.000000342. The monoisotopic (exact) mass is 951 g/mol. The molecule has 1 atom stereocenters. The Kier molecular flexibility index (Phi) is 22.2. The fourth-order valence-corrected chi connectivity index (χ4v) is 7.26. The van der Waals surface area contributed by atoms with Gasteiger partial charge in [0.15, 0.2) is 6.29 Å². The lowest BCUT2D eigenvalue weighted by atomic mass is 10.1. The first kappa shape index (κ1) is 52.6. The second kappa shape index (κ2) is 28.7. The van der Waals surface area contributed by atoms with Crippen molar-refractivity contribution in [2.45, 2.75) is 43.5 Å². The van der Waals surface area contributed by atoms with E-state index in [0.29, 0.717) is 101 Å². The molecule has 2 heterocycles. The number of aliphatic hydroxyl groups excluding tert-OH is 1. The fraction of sp³-hybridized carbons (Fsp3) is 0.320. The van der Waals surface area contributed by atoms with Crippen LogP contribution in [-0.2, 0) is 43.9 Å². The van der Waals surface area contributed by atoms with Gasteiger partial charge in [0.05, 0.1) is 39.2 Å². The zero-order valence-corrected chi connectivity index (χ0v) is 39.0. The maximum absolute atomic E-state index is 13.5. The maximum atomic E-state index is 13.5. The summed E-state index contributed by atoms with van der Waals surface area (Å²) in [4.78, 5) is 29.5. The second-order valence-corrected chi connectivity index (χ2v) is 16.8. The predicted molar refractivity (Wildman–Crippen MR) is 262 cm³/mol. The van der Waals surface area contributed by atoms with E-state index in [1.807, 2.05) is 89.3 Å². The molecule has 6 aromatic rings. The molecule has 0 aliphatic rings. The number of nitrogens with one attached hydrogen (secondary N) is 2. The number of hydrogen-bond donors (Lipinski definition) is 5. The number of hydrazone groups is 1. The number of anilines is 1. The van der Waals surface area contributed by atoms with Crippen molar-refractivity contribution in [3.05, 3.63) is 155 Å². The molecule has 1 unspecified atom stereocenters. The molecular formula is C50H61N7O10S. The van der Waals surface area contributed by atoms with Gasteiger partial charge in [0.25, 0.3) is 16.0 Å². The van der Waals surface area contributed by atoms with Crippen molar-refractivity contribution in [1.29, 1.82) is 0 Å². The van der Waals surface area contributed by atoms with Gasteiger partial charge in [0, 0.05) is 54.5 Å². The summed E-state index contributed by atoms with van der Waals surface area (Å²) in [5.41, 5.74) is 12.3. The minimum absolute atomic E-state index is 0.204. The van der Waals surface area contributed by atoms with Gasteiger partial charge >= 0.3 is 0 Å². The Bertz CT molecular complexity index is 2560. The van der Waals surface area contributed by atoms with Gasteiger partial charge in [0.2, 0.25) is 0 Å². The van der Waals surface area contributed by atoms with Crippen LogP contribution in [0.5, 0.6) is 5.75 Å². The Morgan fingerprint density at radius 1 is 0.853 bits per heavy atom. The number of nitrogens with two attached hydrogens (primary N) is 1. The number of amides is 1. The average molecular weight is 952 g/mol. The molecule has 6 rings (SSSR count). The minimum atomic E-state index is -4.31. The molecule has 0 saturated carbocycles. The zero-order valence-electron chi connectivity index (χ0n) is 38.2. The normalized spacial score (nSPS) is 11.9. The van der Waals surface area contributed by atoms with Crippen LogP contribution in [0.3, 0.4) is 0 Å². The standard InChI is InChI=1S/C37H50N4O6.C13H11N3O4S/c1-40(19-16-30-10-4-2-5-11-30)36(42)28-41-34-15-14-33(47-29-31-12-6-3-7-13-31)26-32(34)27-35(41)37(43)39-18-9-21-45-23-25-46-24-22-44-20-8-17-38;17-9-10-5-6-13(14-7-10)16-15-8-11-3-1-2-4-12(11)21(18,19)20/h2-7,10-15,26-27,36,42H,8-9,16-25,28-29,38H2,1H3,(H,39,43);1-9H,(H,14,16)(H,18,19,20). The third-order valence-corrected chi connectivity index (χ3v) is 11.2. The van der Waals surface area contributed by atoms with Gasteiger partial charge in [-0.15, -0.1) is 0 Å². The highest BCUT2D eigenvalue weighted by Crippen LogP contribution is 2.26. The molecule has 2 aromatic heterocycles. The van der Waals surface area contributed by atoms with Crippen molar-refractivity contribution >= 4 is 45.2 Å². The summed E-state index contributed by atoms with van der Waals surface area (Å²) < 4.78 is 56.0.